The minimum absolute atomic E-state index is 0.0430. The summed E-state index contributed by atoms with van der Waals surface area (Å²) in [5.74, 6) is -0.236. The molecule has 5 N–H and O–H groups in total. The summed E-state index contributed by atoms with van der Waals surface area (Å²) in [5.41, 5.74) is 12.9. The highest BCUT2D eigenvalue weighted by Gasteiger charge is 2.11. The van der Waals surface area contributed by atoms with Crippen molar-refractivity contribution >= 4 is 23.3 Å². The van der Waals surface area contributed by atoms with Crippen LogP contribution in [-0.4, -0.2) is 18.5 Å². The van der Waals surface area contributed by atoms with Crippen LogP contribution in [-0.2, 0) is 16.1 Å². The molecule has 1 aliphatic rings. The zero-order valence-electron chi connectivity index (χ0n) is 8.56. The first-order valence-electron chi connectivity index (χ1n) is 4.79. The van der Waals surface area contributed by atoms with Gasteiger partial charge >= 0.3 is 0 Å². The van der Waals surface area contributed by atoms with Crippen molar-refractivity contribution in [3.63, 3.8) is 0 Å². The lowest BCUT2D eigenvalue weighted by Gasteiger charge is -2.15. The summed E-state index contributed by atoms with van der Waals surface area (Å²) < 4.78 is 5.08. The van der Waals surface area contributed by atoms with Gasteiger partial charge in [0.1, 0.15) is 6.61 Å². The first-order chi connectivity index (χ1) is 7.69. The van der Waals surface area contributed by atoms with Gasteiger partial charge < -0.3 is 21.5 Å². The number of carbonyl (C=O) groups is 1. The van der Waals surface area contributed by atoms with E-state index in [9.17, 15) is 4.79 Å². The average molecular weight is 220 g/mol. The molecule has 0 saturated carbocycles. The lowest BCUT2D eigenvalue weighted by Crippen LogP contribution is -2.22. The van der Waals surface area contributed by atoms with E-state index in [-0.39, 0.29) is 18.5 Å². The maximum Gasteiger partial charge on any atom is 0.287 e. The van der Waals surface area contributed by atoms with Crippen molar-refractivity contribution in [2.45, 2.75) is 6.61 Å². The van der Waals surface area contributed by atoms with Gasteiger partial charge in [-0.25, -0.2) is 0 Å². The zero-order chi connectivity index (χ0) is 11.5. The number of carbonyl (C=O) groups excluding carboxylic acids is 1. The smallest absolute Gasteiger partial charge is 0.287 e. The topological polar surface area (TPSA) is 103 Å². The molecule has 84 valence electrons. The van der Waals surface area contributed by atoms with Crippen LogP contribution in [0.3, 0.4) is 0 Å². The highest BCUT2D eigenvalue weighted by atomic mass is 16.5. The number of amidine groups is 1. The quantitative estimate of drug-likeness (QED) is 0.655. The number of fused-ring (bicyclic) bond motifs is 1. The van der Waals surface area contributed by atoms with E-state index in [1.54, 1.807) is 18.2 Å². The predicted molar refractivity (Wildman–Crippen MR) is 60.2 cm³/mol. The Bertz CT molecular complexity index is 456. The van der Waals surface area contributed by atoms with E-state index in [0.717, 1.165) is 11.3 Å². The van der Waals surface area contributed by atoms with Gasteiger partial charge in [-0.15, -0.1) is 0 Å². The second-order valence-electron chi connectivity index (χ2n) is 3.33. The number of benzene rings is 1. The molecule has 0 atom stereocenters. The highest BCUT2D eigenvalue weighted by molar-refractivity contribution is 5.92. The van der Waals surface area contributed by atoms with Gasteiger partial charge in [-0.1, -0.05) is 0 Å². The summed E-state index contributed by atoms with van der Waals surface area (Å²) >= 11 is 0. The fourth-order valence-corrected chi connectivity index (χ4v) is 1.40. The molecule has 16 heavy (non-hydrogen) atoms. The first-order valence-corrected chi connectivity index (χ1v) is 4.79. The van der Waals surface area contributed by atoms with Gasteiger partial charge in [0.05, 0.1) is 12.2 Å². The van der Waals surface area contributed by atoms with Crippen LogP contribution >= 0.6 is 0 Å². The fourth-order valence-electron chi connectivity index (χ4n) is 1.40. The molecular weight excluding hydrogens is 208 g/mol. The third kappa shape index (κ3) is 2.12. The molecule has 1 aliphatic heterocycles. The van der Waals surface area contributed by atoms with Crippen LogP contribution < -0.4 is 16.8 Å². The van der Waals surface area contributed by atoms with Crippen molar-refractivity contribution < 1.29 is 9.53 Å². The van der Waals surface area contributed by atoms with Crippen LogP contribution in [0.15, 0.2) is 23.2 Å². The van der Waals surface area contributed by atoms with Gasteiger partial charge in [0.15, 0.2) is 0 Å². The molecule has 1 amide bonds. The number of amides is 1. The van der Waals surface area contributed by atoms with Crippen LogP contribution in [0, 0.1) is 0 Å². The molecule has 1 aromatic carbocycles. The third-order valence-electron chi connectivity index (χ3n) is 2.15. The van der Waals surface area contributed by atoms with Crippen LogP contribution in [0.2, 0.25) is 0 Å². The number of hydrogen-bond acceptors (Lipinski definition) is 5. The summed E-state index contributed by atoms with van der Waals surface area (Å²) in [5, 5.41) is 2.65. The fraction of sp³-hybridized carbons (Fsp3) is 0.200. The predicted octanol–water partition coefficient (Wildman–Crippen LogP) is 0.0602. The monoisotopic (exact) mass is 220 g/mol. The Morgan fingerprint density at radius 2 is 2.38 bits per heavy atom. The van der Waals surface area contributed by atoms with Crippen molar-refractivity contribution in [2.24, 2.45) is 16.5 Å². The Balaban J connectivity index is 2.23. The second-order valence-corrected chi connectivity index (χ2v) is 3.33. The minimum Gasteiger partial charge on any atom is -0.460 e. The maximum absolute atomic E-state index is 11.1. The standard InChI is InChI=1S/C10H12N4O2/c11-4-9(15)13-7-1-2-8-6(3-7)5-16-10(12)14-8/h1-3H,4-5,11H2,(H2,12,14)(H,13,15). The Morgan fingerprint density at radius 1 is 1.56 bits per heavy atom. The summed E-state index contributed by atoms with van der Waals surface area (Å²) in [6.07, 6.45) is 0. The first kappa shape index (κ1) is 10.4. The zero-order valence-corrected chi connectivity index (χ0v) is 8.56. The summed E-state index contributed by atoms with van der Waals surface area (Å²) in [6, 6.07) is 5.47. The van der Waals surface area contributed by atoms with E-state index in [1.165, 1.54) is 0 Å². The number of hydrogen-bond donors (Lipinski definition) is 3. The largest absolute Gasteiger partial charge is 0.460 e. The molecule has 0 aliphatic carbocycles. The molecule has 0 saturated heterocycles. The highest BCUT2D eigenvalue weighted by Crippen LogP contribution is 2.26. The second kappa shape index (κ2) is 4.19. The van der Waals surface area contributed by atoms with Crippen LogP contribution in [0.4, 0.5) is 11.4 Å². The molecule has 0 spiro atoms. The van der Waals surface area contributed by atoms with E-state index in [4.69, 9.17) is 16.2 Å². The van der Waals surface area contributed by atoms with Gasteiger partial charge in [0.2, 0.25) is 5.91 Å². The number of nitrogens with two attached hydrogens (primary N) is 2. The Morgan fingerprint density at radius 3 is 3.12 bits per heavy atom. The minimum atomic E-state index is -0.236. The number of nitrogens with one attached hydrogen (secondary N) is 1. The Labute approximate surface area is 92.3 Å². The number of rotatable bonds is 2. The van der Waals surface area contributed by atoms with Gasteiger partial charge in [-0.05, 0) is 18.2 Å². The van der Waals surface area contributed by atoms with E-state index < -0.39 is 0 Å². The normalized spacial score (nSPS) is 13.4. The maximum atomic E-state index is 11.1. The molecule has 1 heterocycles. The van der Waals surface area contributed by atoms with Crippen molar-refractivity contribution in [3.05, 3.63) is 23.8 Å². The van der Waals surface area contributed by atoms with Crippen LogP contribution in [0.5, 0.6) is 0 Å². The van der Waals surface area contributed by atoms with Gasteiger partial charge in [0.25, 0.3) is 6.02 Å². The van der Waals surface area contributed by atoms with E-state index >= 15 is 0 Å². The number of aliphatic imine (C=N–C) groups is 1. The summed E-state index contributed by atoms with van der Waals surface area (Å²) in [6.45, 7) is 0.315. The Kier molecular flexibility index (Phi) is 2.74. The lowest BCUT2D eigenvalue weighted by atomic mass is 10.1. The van der Waals surface area contributed by atoms with Crippen molar-refractivity contribution in [1.82, 2.24) is 0 Å². The van der Waals surface area contributed by atoms with Crippen LogP contribution in [0.25, 0.3) is 0 Å². The SMILES string of the molecule is NCC(=O)Nc1ccc2c(c1)COC(N)=N2. The molecule has 0 fully saturated rings. The number of ether oxygens (including phenoxy) is 1. The third-order valence-corrected chi connectivity index (χ3v) is 2.15. The van der Waals surface area contributed by atoms with E-state index in [0.29, 0.717) is 12.3 Å². The molecule has 6 nitrogen and oxygen atoms in total. The molecule has 1 aromatic rings. The molecule has 0 bridgehead atoms. The number of anilines is 1. The number of nitrogens with zero attached hydrogens (tertiary/aromatic N) is 1. The summed E-state index contributed by atoms with van der Waals surface area (Å²) in [4.78, 5) is 15.1. The molecule has 0 radical (unpaired) electrons. The van der Waals surface area contributed by atoms with Gasteiger partial charge in [-0.2, -0.15) is 4.99 Å². The molecular formula is C10H12N4O2. The summed E-state index contributed by atoms with van der Waals surface area (Å²) in [7, 11) is 0. The van der Waals surface area contributed by atoms with Gasteiger partial charge in [-0.3, -0.25) is 4.79 Å². The van der Waals surface area contributed by atoms with E-state index in [1.807, 2.05) is 0 Å². The molecule has 0 aromatic heterocycles. The lowest BCUT2D eigenvalue weighted by molar-refractivity contribution is -0.114. The van der Waals surface area contributed by atoms with Gasteiger partial charge in [0, 0.05) is 11.3 Å². The van der Waals surface area contributed by atoms with Crippen molar-refractivity contribution in [2.75, 3.05) is 11.9 Å². The Hall–Kier alpha value is -2.08. The molecule has 6 heteroatoms. The van der Waals surface area contributed by atoms with Crippen molar-refractivity contribution in [3.8, 4) is 0 Å². The van der Waals surface area contributed by atoms with E-state index in [2.05, 4.69) is 10.3 Å². The molecule has 2 rings (SSSR count). The van der Waals surface area contributed by atoms with Crippen LogP contribution in [0.1, 0.15) is 5.56 Å². The molecule has 0 unspecified atom stereocenters. The van der Waals surface area contributed by atoms with Crippen molar-refractivity contribution in [1.29, 1.82) is 0 Å². The average Bonchev–Trinajstić information content (AvgIpc) is 2.29.